The zero-order valence-corrected chi connectivity index (χ0v) is 25.9. The van der Waals surface area contributed by atoms with E-state index in [1.165, 1.54) is 16.7 Å². The van der Waals surface area contributed by atoms with Crippen LogP contribution in [0.5, 0.6) is 0 Å². The Hall–Kier alpha value is -5.15. The molecule has 0 bridgehead atoms. The normalized spacial score (nSPS) is 17.9. The predicted molar refractivity (Wildman–Crippen MR) is 174 cm³/mol. The number of fused-ring (bicyclic) bond motifs is 1. The number of β-lactam (4-membered cyclic amide) rings is 1. The average Bonchev–Trinajstić information content (AvgIpc) is 3.10. The molecular weight excluding hydrogens is 600 g/mol. The Bertz CT molecular complexity index is 1710. The van der Waals surface area contributed by atoms with Crippen LogP contribution in [0.25, 0.3) is 0 Å². The molecule has 6 rings (SSSR count). The Labute approximate surface area is 271 Å². The molecule has 2 amide bonds. The lowest BCUT2D eigenvalue weighted by atomic mass is 9.96. The van der Waals surface area contributed by atoms with Crippen molar-refractivity contribution in [2.75, 3.05) is 5.75 Å². The molecule has 4 aromatic rings. The number of benzene rings is 4. The number of thioether (sulfide) groups is 1. The first-order valence-electron chi connectivity index (χ1n) is 14.9. The fourth-order valence-corrected chi connectivity index (χ4v) is 6.89. The van der Waals surface area contributed by atoms with Crippen molar-refractivity contribution in [3.63, 3.8) is 0 Å². The predicted octanol–water partition coefficient (Wildman–Crippen LogP) is 5.52. The van der Waals surface area contributed by atoms with Crippen LogP contribution in [0.1, 0.15) is 41.2 Å². The van der Waals surface area contributed by atoms with Gasteiger partial charge in [-0.05, 0) is 34.8 Å². The maximum Gasteiger partial charge on any atom is 0.356 e. The Morgan fingerprint density at radius 3 is 1.89 bits per heavy atom. The maximum absolute atomic E-state index is 13.8. The van der Waals surface area contributed by atoms with Gasteiger partial charge in [0.25, 0.3) is 5.91 Å². The summed E-state index contributed by atoms with van der Waals surface area (Å²) in [5.41, 5.74) is 3.72. The van der Waals surface area contributed by atoms with Gasteiger partial charge in [-0.25, -0.2) is 4.79 Å². The average molecular weight is 633 g/mol. The minimum atomic E-state index is -1.28. The first-order valence-corrected chi connectivity index (χ1v) is 16.0. The third-order valence-electron chi connectivity index (χ3n) is 7.93. The summed E-state index contributed by atoms with van der Waals surface area (Å²) in [5.74, 6) is -3.25. The summed E-state index contributed by atoms with van der Waals surface area (Å²) >= 11 is 1.44. The number of nitrogens with one attached hydrogen (secondary N) is 1. The van der Waals surface area contributed by atoms with Crippen LogP contribution in [0.15, 0.2) is 133 Å². The van der Waals surface area contributed by atoms with Crippen molar-refractivity contribution < 1.29 is 28.7 Å². The van der Waals surface area contributed by atoms with Gasteiger partial charge in [-0.2, -0.15) is 0 Å². The fraction of sp³-hybridized carbons (Fsp3) is 0.189. The van der Waals surface area contributed by atoms with Gasteiger partial charge in [0.1, 0.15) is 23.7 Å². The van der Waals surface area contributed by atoms with E-state index in [2.05, 4.69) is 5.32 Å². The minimum absolute atomic E-state index is 0.00734. The van der Waals surface area contributed by atoms with E-state index in [0.29, 0.717) is 16.9 Å². The number of carbonyl (C=O) groups is 4. The molecule has 1 N–H and O–H groups in total. The molecule has 1 saturated heterocycles. The largest absolute Gasteiger partial charge is 0.460 e. The van der Waals surface area contributed by atoms with Crippen molar-refractivity contribution in [3.05, 3.63) is 155 Å². The van der Waals surface area contributed by atoms with Crippen molar-refractivity contribution >= 4 is 35.5 Å². The van der Waals surface area contributed by atoms with Gasteiger partial charge in [-0.15, -0.1) is 11.8 Å². The lowest BCUT2D eigenvalue weighted by molar-refractivity contribution is -0.156. The number of amides is 2. The zero-order chi connectivity index (χ0) is 32.0. The van der Waals surface area contributed by atoms with E-state index in [1.807, 2.05) is 91.0 Å². The molecule has 2 heterocycles. The third kappa shape index (κ3) is 6.46. The van der Waals surface area contributed by atoms with Gasteiger partial charge < -0.3 is 14.8 Å². The molecule has 1 fully saturated rings. The molecule has 3 atom stereocenters. The summed E-state index contributed by atoms with van der Waals surface area (Å²) in [6.45, 7) is 1.81. The van der Waals surface area contributed by atoms with Crippen molar-refractivity contribution in [3.8, 4) is 0 Å². The Balaban J connectivity index is 1.18. The smallest absolute Gasteiger partial charge is 0.356 e. The molecule has 232 valence electrons. The Kier molecular flexibility index (Phi) is 9.30. The zero-order valence-electron chi connectivity index (χ0n) is 25.1. The second-order valence-electron chi connectivity index (χ2n) is 11.1. The molecule has 0 aromatic heterocycles. The van der Waals surface area contributed by atoms with Crippen LogP contribution in [0.2, 0.25) is 0 Å². The SMILES string of the molecule is CC1=C(C(=O)OC(c2ccccc2)c2ccccc2)N2C(=O)C(NC(=O)C(C(=O)OCc3ccccc3)c3ccccc3)[C@@H]2SC1. The van der Waals surface area contributed by atoms with Crippen molar-refractivity contribution in [1.29, 1.82) is 0 Å². The second-order valence-corrected chi connectivity index (χ2v) is 12.2. The molecule has 8 nitrogen and oxygen atoms in total. The van der Waals surface area contributed by atoms with Gasteiger partial charge in [0.15, 0.2) is 12.0 Å². The first-order chi connectivity index (χ1) is 22.4. The second kappa shape index (κ2) is 13.9. The number of nitrogens with zero attached hydrogens (tertiary/aromatic N) is 1. The lowest BCUT2D eigenvalue weighted by Crippen LogP contribution is -2.71. The van der Waals surface area contributed by atoms with Crippen LogP contribution in [0, 0.1) is 0 Å². The number of rotatable bonds is 10. The van der Waals surface area contributed by atoms with E-state index < -0.39 is 47.2 Å². The van der Waals surface area contributed by atoms with E-state index in [9.17, 15) is 19.2 Å². The highest BCUT2D eigenvalue weighted by Crippen LogP contribution is 2.41. The molecule has 2 aliphatic heterocycles. The summed E-state index contributed by atoms with van der Waals surface area (Å²) in [6.07, 6.45) is -0.677. The van der Waals surface area contributed by atoms with Gasteiger partial charge >= 0.3 is 11.9 Å². The van der Waals surface area contributed by atoms with Crippen molar-refractivity contribution in [1.82, 2.24) is 10.2 Å². The topological polar surface area (TPSA) is 102 Å². The highest BCUT2D eigenvalue weighted by atomic mass is 32.2. The fourth-order valence-electron chi connectivity index (χ4n) is 5.60. The molecular formula is C37H32N2O6S. The van der Waals surface area contributed by atoms with Crippen LogP contribution in [0.3, 0.4) is 0 Å². The molecule has 4 aromatic carbocycles. The van der Waals surface area contributed by atoms with Gasteiger partial charge in [0.05, 0.1) is 0 Å². The molecule has 46 heavy (non-hydrogen) atoms. The summed E-state index contributed by atoms with van der Waals surface area (Å²) in [7, 11) is 0. The van der Waals surface area contributed by atoms with Crippen LogP contribution in [-0.4, -0.2) is 45.8 Å². The first kappa shape index (κ1) is 30.9. The molecule has 0 radical (unpaired) electrons. The van der Waals surface area contributed by atoms with Crippen LogP contribution < -0.4 is 5.32 Å². The Morgan fingerprint density at radius 2 is 1.33 bits per heavy atom. The number of esters is 2. The van der Waals surface area contributed by atoms with E-state index in [1.54, 1.807) is 37.3 Å². The van der Waals surface area contributed by atoms with Crippen molar-refractivity contribution in [2.45, 2.75) is 37.0 Å². The molecule has 0 spiro atoms. The van der Waals surface area contributed by atoms with Gasteiger partial charge in [-0.1, -0.05) is 121 Å². The highest BCUT2D eigenvalue weighted by molar-refractivity contribution is 8.00. The van der Waals surface area contributed by atoms with Gasteiger partial charge in [-0.3, -0.25) is 19.3 Å². The summed E-state index contributed by atoms with van der Waals surface area (Å²) < 4.78 is 11.6. The van der Waals surface area contributed by atoms with Crippen LogP contribution >= 0.6 is 11.8 Å². The summed E-state index contributed by atoms with van der Waals surface area (Å²) in [6, 6.07) is 35.7. The third-order valence-corrected chi connectivity index (χ3v) is 9.36. The number of carbonyl (C=O) groups excluding carboxylic acids is 4. The van der Waals surface area contributed by atoms with Gasteiger partial charge in [0.2, 0.25) is 5.91 Å². The Morgan fingerprint density at radius 1 is 0.804 bits per heavy atom. The summed E-state index contributed by atoms with van der Waals surface area (Å²) in [4.78, 5) is 55.7. The number of hydrogen-bond donors (Lipinski definition) is 1. The maximum atomic E-state index is 13.8. The van der Waals surface area contributed by atoms with Crippen LogP contribution in [-0.2, 0) is 35.3 Å². The number of hydrogen-bond acceptors (Lipinski definition) is 7. The number of ether oxygens (including phenoxy) is 2. The minimum Gasteiger partial charge on any atom is -0.460 e. The standard InChI is InChI=1S/C37H32N2O6S/c1-24-23-46-35-30(38-33(40)29(26-16-8-3-9-17-26)36(42)44-22-25-14-6-2-7-15-25)34(41)39(35)31(24)37(43)45-32(27-18-10-4-11-19-27)28-20-12-5-13-21-28/h2-21,29-30,32,35H,22-23H2,1H3,(H,38,40)/t29?,30?,35-/m0/s1. The van der Waals surface area contributed by atoms with E-state index >= 15 is 0 Å². The summed E-state index contributed by atoms with van der Waals surface area (Å²) in [5, 5.41) is 2.25. The molecule has 2 aliphatic rings. The molecule has 0 aliphatic carbocycles. The van der Waals surface area contributed by atoms with Gasteiger partial charge in [0, 0.05) is 5.75 Å². The van der Waals surface area contributed by atoms with Crippen molar-refractivity contribution in [2.24, 2.45) is 0 Å². The molecule has 9 heteroatoms. The molecule has 2 unspecified atom stereocenters. The highest BCUT2D eigenvalue weighted by Gasteiger charge is 2.55. The van der Waals surface area contributed by atoms with Crippen LogP contribution in [0.4, 0.5) is 0 Å². The quantitative estimate of drug-likeness (QED) is 0.140. The lowest BCUT2D eigenvalue weighted by Gasteiger charge is -2.49. The van der Waals surface area contributed by atoms with E-state index in [-0.39, 0.29) is 12.3 Å². The van der Waals surface area contributed by atoms with E-state index in [4.69, 9.17) is 9.47 Å². The molecule has 0 saturated carbocycles. The monoisotopic (exact) mass is 632 g/mol. The van der Waals surface area contributed by atoms with E-state index in [0.717, 1.165) is 16.7 Å².